The summed E-state index contributed by atoms with van der Waals surface area (Å²) in [6, 6.07) is 13.0. The second kappa shape index (κ2) is 9.44. The topological polar surface area (TPSA) is 18.5 Å². The Morgan fingerprint density at radius 2 is 1.75 bits per heavy atom. The van der Waals surface area contributed by atoms with Crippen LogP contribution in [-0.2, 0) is 15.9 Å². The van der Waals surface area contributed by atoms with Gasteiger partial charge in [-0.3, -0.25) is 0 Å². The molecule has 0 unspecified atom stereocenters. The number of ether oxygens (including phenoxy) is 2. The lowest BCUT2D eigenvalue weighted by atomic mass is 9.99. The molecule has 0 radical (unpaired) electrons. The highest BCUT2D eigenvalue weighted by atomic mass is 19.1. The van der Waals surface area contributed by atoms with Crippen molar-refractivity contribution in [1.29, 1.82) is 0 Å². The van der Waals surface area contributed by atoms with Crippen molar-refractivity contribution in [2.24, 2.45) is 0 Å². The SMILES string of the molecule is C/C=C/CCc1ccc(-c2ccc(C3OCC(F)(CCC)CO3)cc2)cc1F. The Kier molecular flexibility index (Phi) is 6.97. The van der Waals surface area contributed by atoms with Gasteiger partial charge in [-0.05, 0) is 48.9 Å². The Balaban J connectivity index is 1.65. The van der Waals surface area contributed by atoms with Gasteiger partial charge in [-0.25, -0.2) is 8.78 Å². The van der Waals surface area contributed by atoms with Gasteiger partial charge >= 0.3 is 0 Å². The molecule has 3 rings (SSSR count). The third-order valence-electron chi connectivity index (χ3n) is 5.07. The molecule has 4 heteroatoms. The van der Waals surface area contributed by atoms with Crippen molar-refractivity contribution in [3.63, 3.8) is 0 Å². The molecular formula is C24H28F2O2. The van der Waals surface area contributed by atoms with E-state index in [1.54, 1.807) is 6.07 Å². The Labute approximate surface area is 166 Å². The van der Waals surface area contributed by atoms with Crippen LogP contribution in [0, 0.1) is 5.82 Å². The average Bonchev–Trinajstić information content (AvgIpc) is 2.70. The predicted octanol–water partition coefficient (Wildman–Crippen LogP) is 6.56. The predicted molar refractivity (Wildman–Crippen MR) is 108 cm³/mol. The van der Waals surface area contributed by atoms with Gasteiger partial charge < -0.3 is 9.47 Å². The molecule has 1 aliphatic heterocycles. The van der Waals surface area contributed by atoms with Gasteiger partial charge in [0.1, 0.15) is 5.82 Å². The summed E-state index contributed by atoms with van der Waals surface area (Å²) in [5, 5.41) is 0. The quantitative estimate of drug-likeness (QED) is 0.502. The van der Waals surface area contributed by atoms with E-state index in [1.807, 2.05) is 62.4 Å². The lowest BCUT2D eigenvalue weighted by molar-refractivity contribution is -0.238. The lowest BCUT2D eigenvalue weighted by Crippen LogP contribution is -2.41. The molecule has 150 valence electrons. The van der Waals surface area contributed by atoms with Crippen molar-refractivity contribution in [2.75, 3.05) is 13.2 Å². The normalized spacial score (nSPS) is 22.6. The molecule has 0 bridgehead atoms. The maximum atomic E-state index is 14.4. The van der Waals surface area contributed by atoms with Crippen LogP contribution in [0.1, 0.15) is 50.5 Å². The van der Waals surface area contributed by atoms with Crippen molar-refractivity contribution in [2.45, 2.75) is 51.5 Å². The van der Waals surface area contributed by atoms with Gasteiger partial charge in [0.2, 0.25) is 0 Å². The van der Waals surface area contributed by atoms with E-state index in [2.05, 4.69) is 0 Å². The van der Waals surface area contributed by atoms with Crippen LogP contribution < -0.4 is 0 Å². The smallest absolute Gasteiger partial charge is 0.184 e. The number of halogens is 2. The Hall–Kier alpha value is -2.04. The monoisotopic (exact) mass is 386 g/mol. The molecule has 1 fully saturated rings. The van der Waals surface area contributed by atoms with Gasteiger partial charge in [-0.1, -0.05) is 61.9 Å². The van der Waals surface area contributed by atoms with Gasteiger partial charge in [0.25, 0.3) is 0 Å². The number of alkyl halides is 1. The fraction of sp³-hybridized carbons (Fsp3) is 0.417. The molecule has 0 atom stereocenters. The number of hydrogen-bond donors (Lipinski definition) is 0. The van der Waals surface area contributed by atoms with Crippen molar-refractivity contribution >= 4 is 0 Å². The standard InChI is InChI=1S/C24H28F2O2/c1-3-5-6-7-19-10-13-21(15-22(19)25)18-8-11-20(12-9-18)23-27-16-24(26,14-4-2)17-28-23/h3,5,8-13,15,23H,4,6-7,14,16-17H2,1-2H3/b5-3+. The highest BCUT2D eigenvalue weighted by Crippen LogP contribution is 2.33. The minimum atomic E-state index is -1.39. The van der Waals surface area contributed by atoms with Gasteiger partial charge in [0, 0.05) is 5.56 Å². The second-order valence-electron chi connectivity index (χ2n) is 7.39. The van der Waals surface area contributed by atoms with E-state index in [-0.39, 0.29) is 19.0 Å². The summed E-state index contributed by atoms with van der Waals surface area (Å²) in [5.41, 5.74) is 1.92. The first kappa shape index (κ1) is 20.7. The summed E-state index contributed by atoms with van der Waals surface area (Å²) in [7, 11) is 0. The minimum absolute atomic E-state index is 0.0488. The molecule has 1 saturated heterocycles. The van der Waals surface area contributed by atoms with Crippen molar-refractivity contribution < 1.29 is 18.3 Å². The fourth-order valence-corrected chi connectivity index (χ4v) is 3.49. The maximum Gasteiger partial charge on any atom is 0.184 e. The molecule has 0 N–H and O–H groups in total. The maximum absolute atomic E-state index is 14.4. The third-order valence-corrected chi connectivity index (χ3v) is 5.07. The Morgan fingerprint density at radius 3 is 2.36 bits per heavy atom. The van der Waals surface area contributed by atoms with Crippen molar-refractivity contribution in [3.8, 4) is 11.1 Å². The summed E-state index contributed by atoms with van der Waals surface area (Å²) in [6.45, 7) is 4.01. The second-order valence-corrected chi connectivity index (χ2v) is 7.39. The van der Waals surface area contributed by atoms with E-state index in [9.17, 15) is 8.78 Å². The molecule has 1 heterocycles. The van der Waals surface area contributed by atoms with E-state index < -0.39 is 12.0 Å². The number of benzene rings is 2. The molecule has 0 amide bonds. The molecule has 28 heavy (non-hydrogen) atoms. The highest BCUT2D eigenvalue weighted by molar-refractivity contribution is 5.64. The molecule has 2 aromatic carbocycles. The molecule has 0 aromatic heterocycles. The van der Waals surface area contributed by atoms with Gasteiger partial charge in [-0.2, -0.15) is 0 Å². The van der Waals surface area contributed by atoms with E-state index >= 15 is 0 Å². The van der Waals surface area contributed by atoms with Crippen LogP contribution in [0.4, 0.5) is 8.78 Å². The van der Waals surface area contributed by atoms with Crippen LogP contribution in [0.2, 0.25) is 0 Å². The first-order valence-electron chi connectivity index (χ1n) is 9.97. The largest absolute Gasteiger partial charge is 0.345 e. The summed E-state index contributed by atoms with van der Waals surface area (Å²) in [5.74, 6) is -0.180. The summed E-state index contributed by atoms with van der Waals surface area (Å²) < 4.78 is 40.0. The fourth-order valence-electron chi connectivity index (χ4n) is 3.49. The Bertz CT molecular complexity index is 791. The zero-order chi connectivity index (χ0) is 20.0. The third kappa shape index (κ3) is 5.06. The first-order chi connectivity index (χ1) is 13.5. The Morgan fingerprint density at radius 1 is 1.07 bits per heavy atom. The van der Waals surface area contributed by atoms with Crippen LogP contribution >= 0.6 is 0 Å². The first-order valence-corrected chi connectivity index (χ1v) is 9.97. The number of rotatable bonds is 7. The van der Waals surface area contributed by atoms with E-state index in [0.29, 0.717) is 12.8 Å². The van der Waals surface area contributed by atoms with E-state index in [4.69, 9.17) is 9.47 Å². The average molecular weight is 386 g/mol. The molecule has 2 nitrogen and oxygen atoms in total. The zero-order valence-corrected chi connectivity index (χ0v) is 16.6. The molecular weight excluding hydrogens is 358 g/mol. The van der Waals surface area contributed by atoms with Crippen LogP contribution in [0.15, 0.2) is 54.6 Å². The lowest BCUT2D eigenvalue weighted by Gasteiger charge is -2.34. The number of aryl methyl sites for hydroxylation is 1. The van der Waals surface area contributed by atoms with Crippen molar-refractivity contribution in [3.05, 3.63) is 71.6 Å². The van der Waals surface area contributed by atoms with Crippen LogP contribution in [-0.4, -0.2) is 18.9 Å². The highest BCUT2D eigenvalue weighted by Gasteiger charge is 2.36. The van der Waals surface area contributed by atoms with Crippen LogP contribution in [0.5, 0.6) is 0 Å². The van der Waals surface area contributed by atoms with Crippen LogP contribution in [0.3, 0.4) is 0 Å². The van der Waals surface area contributed by atoms with Gasteiger partial charge in [-0.15, -0.1) is 0 Å². The van der Waals surface area contributed by atoms with Crippen molar-refractivity contribution in [1.82, 2.24) is 0 Å². The van der Waals surface area contributed by atoms with Crippen LogP contribution in [0.25, 0.3) is 11.1 Å². The summed E-state index contributed by atoms with van der Waals surface area (Å²) >= 11 is 0. The van der Waals surface area contributed by atoms with E-state index in [0.717, 1.165) is 35.1 Å². The minimum Gasteiger partial charge on any atom is -0.345 e. The molecule has 2 aromatic rings. The zero-order valence-electron chi connectivity index (χ0n) is 16.6. The summed E-state index contributed by atoms with van der Waals surface area (Å²) in [4.78, 5) is 0. The molecule has 1 aliphatic rings. The number of hydrogen-bond acceptors (Lipinski definition) is 2. The summed E-state index contributed by atoms with van der Waals surface area (Å²) in [6.07, 6.45) is 6.19. The molecule has 0 saturated carbocycles. The van der Waals surface area contributed by atoms with Gasteiger partial charge in [0.15, 0.2) is 12.0 Å². The van der Waals surface area contributed by atoms with E-state index in [1.165, 1.54) is 0 Å². The molecule has 0 aliphatic carbocycles. The molecule has 0 spiro atoms. The van der Waals surface area contributed by atoms with Gasteiger partial charge in [0.05, 0.1) is 13.2 Å². The number of allylic oxidation sites excluding steroid dienone is 2.